The molecule has 0 spiro atoms. The normalized spacial score (nSPS) is 30.6. The second-order valence-electron chi connectivity index (χ2n) is 11.5. The molecule has 3 aliphatic heterocycles. The van der Waals surface area contributed by atoms with E-state index < -0.39 is 79.5 Å². The number of aliphatic hydroxyl groups is 3. The molecule has 3 heterocycles. The van der Waals surface area contributed by atoms with Gasteiger partial charge in [-0.3, -0.25) is 4.79 Å². The molecule has 0 radical (unpaired) electrons. The van der Waals surface area contributed by atoms with E-state index in [1.165, 1.54) is 48.6 Å². The van der Waals surface area contributed by atoms with Gasteiger partial charge < -0.3 is 54.0 Å². The first-order chi connectivity index (χ1) is 23.0. The molecule has 0 saturated carbocycles. The number of carbonyl (C=O) groups is 3. The maximum Gasteiger partial charge on any atom is 0.331 e. The van der Waals surface area contributed by atoms with Crippen LogP contribution in [0.25, 0.3) is 12.2 Å². The number of hydrogen-bond acceptors (Lipinski definition) is 14. The summed E-state index contributed by atoms with van der Waals surface area (Å²) in [5, 5.41) is 51.1. The van der Waals surface area contributed by atoms with Crippen molar-refractivity contribution >= 4 is 30.1 Å². The first-order valence-electron chi connectivity index (χ1n) is 15.1. The highest BCUT2D eigenvalue weighted by Gasteiger charge is 2.54. The van der Waals surface area contributed by atoms with Gasteiger partial charge in [0.25, 0.3) is 0 Å². The molecular formula is C34H36O14. The Bertz CT molecular complexity index is 1530. The molecule has 3 aliphatic rings. The van der Waals surface area contributed by atoms with Crippen molar-refractivity contribution in [2.45, 2.75) is 55.9 Å². The van der Waals surface area contributed by atoms with E-state index in [0.717, 1.165) is 6.08 Å². The van der Waals surface area contributed by atoms with Crippen molar-refractivity contribution in [1.29, 1.82) is 0 Å². The molecule has 3 fully saturated rings. The van der Waals surface area contributed by atoms with Gasteiger partial charge in [0.05, 0.1) is 12.7 Å². The van der Waals surface area contributed by atoms with Crippen LogP contribution in [0.3, 0.4) is 0 Å². The monoisotopic (exact) mass is 668 g/mol. The molecule has 14 nitrogen and oxygen atoms in total. The summed E-state index contributed by atoms with van der Waals surface area (Å²) in [6, 6.07) is 12.3. The highest BCUT2D eigenvalue weighted by molar-refractivity contribution is 5.87. The third kappa shape index (κ3) is 8.66. The maximum atomic E-state index is 12.8. The van der Waals surface area contributed by atoms with E-state index in [-0.39, 0.29) is 24.7 Å². The topological polar surface area (TPSA) is 208 Å². The summed E-state index contributed by atoms with van der Waals surface area (Å²) in [6.45, 7) is 0.872. The average Bonchev–Trinajstić information content (AvgIpc) is 3.35. The van der Waals surface area contributed by atoms with E-state index >= 15 is 0 Å². The molecule has 2 aromatic carbocycles. The Balaban J connectivity index is 1.10. The largest absolute Gasteiger partial charge is 0.508 e. The number of rotatable bonds is 10. The van der Waals surface area contributed by atoms with Crippen LogP contribution in [-0.2, 0) is 42.8 Å². The van der Waals surface area contributed by atoms with E-state index in [1.54, 1.807) is 31.2 Å². The van der Waals surface area contributed by atoms with Gasteiger partial charge in [0.2, 0.25) is 0 Å². The van der Waals surface area contributed by atoms with E-state index in [2.05, 4.69) is 0 Å². The molecule has 256 valence electrons. The van der Waals surface area contributed by atoms with Gasteiger partial charge in [0.1, 0.15) is 67.3 Å². The summed E-state index contributed by atoms with van der Waals surface area (Å²) in [7, 11) is 0. The Kier molecular flexibility index (Phi) is 11.3. The van der Waals surface area contributed by atoms with Crippen LogP contribution in [0.2, 0.25) is 0 Å². The van der Waals surface area contributed by atoms with E-state index in [4.69, 9.17) is 28.4 Å². The number of ether oxygens (including phenoxy) is 6. The lowest BCUT2D eigenvalue weighted by Crippen LogP contribution is -2.64. The SMILES string of the molecule is C/C(=C/[C@@H]1OC(=O)[C@H]([C@@H]2CO[C@@H]3O[C@H](COC(=O)/C=C/c4ccc(O)cc4)[C@H](O)[C@H](O)[C@H]3O2)[C@@H]1O)COC(=O)/C=C/c1ccc(O)cc1. The molecule has 14 heteroatoms. The standard InChI is InChI=1S/C34H36O14/c1-18(15-43-26(37)12-6-19-2-8-21(35)9-3-19)14-23-29(39)28(33(42)47-23)24-16-45-34-32(46-24)31(41)30(40)25(48-34)17-44-27(38)13-7-20-4-10-22(36)11-5-20/h2-14,23-25,28-32,34-36,39-41H,15-17H2,1H3/b12-6+,13-7+,18-14-/t23-,24-,25+,28+,29+,30-,31-,32+,34+/m0/s1. The number of hydrogen-bond donors (Lipinski definition) is 5. The zero-order chi connectivity index (χ0) is 34.4. The zero-order valence-corrected chi connectivity index (χ0v) is 25.7. The van der Waals surface area contributed by atoms with Gasteiger partial charge in [-0.05, 0) is 66.1 Å². The van der Waals surface area contributed by atoms with Crippen molar-refractivity contribution in [2.75, 3.05) is 19.8 Å². The van der Waals surface area contributed by atoms with Crippen molar-refractivity contribution in [3.63, 3.8) is 0 Å². The molecule has 9 atom stereocenters. The molecule has 48 heavy (non-hydrogen) atoms. The summed E-state index contributed by atoms with van der Waals surface area (Å²) in [4.78, 5) is 37.1. The first-order valence-corrected chi connectivity index (χ1v) is 15.1. The first kappa shape index (κ1) is 34.8. The van der Waals surface area contributed by atoms with Gasteiger partial charge in [0, 0.05) is 12.2 Å². The number of cyclic esters (lactones) is 1. The Hall–Kier alpha value is -4.57. The van der Waals surface area contributed by atoms with Crippen LogP contribution in [0.1, 0.15) is 18.1 Å². The quantitative estimate of drug-likeness (QED) is 0.104. The van der Waals surface area contributed by atoms with Crippen LogP contribution in [0.15, 0.2) is 72.3 Å². The molecule has 0 aliphatic carbocycles. The predicted octanol–water partition coefficient (Wildman–Crippen LogP) is 0.990. The molecule has 3 saturated heterocycles. The minimum Gasteiger partial charge on any atom is -0.508 e. The highest BCUT2D eigenvalue weighted by atomic mass is 16.7. The Morgan fingerprint density at radius 3 is 2.02 bits per heavy atom. The number of aromatic hydroxyl groups is 2. The average molecular weight is 669 g/mol. The fraction of sp³-hybridized carbons (Fsp3) is 0.382. The van der Waals surface area contributed by atoms with Gasteiger partial charge in [0.15, 0.2) is 6.29 Å². The van der Waals surface area contributed by atoms with Crippen LogP contribution in [0, 0.1) is 5.92 Å². The molecule has 0 bridgehead atoms. The number of phenols is 2. The minimum absolute atomic E-state index is 0.0800. The molecule has 5 N–H and O–H groups in total. The summed E-state index contributed by atoms with van der Waals surface area (Å²) in [6.07, 6.45) is -3.29. The van der Waals surface area contributed by atoms with Crippen LogP contribution in [0.4, 0.5) is 0 Å². The molecule has 2 aromatic rings. The van der Waals surface area contributed by atoms with Crippen LogP contribution < -0.4 is 0 Å². The van der Waals surface area contributed by atoms with Crippen molar-refractivity contribution in [3.05, 3.63) is 83.5 Å². The van der Waals surface area contributed by atoms with E-state index in [1.807, 2.05) is 0 Å². The van der Waals surface area contributed by atoms with Crippen LogP contribution >= 0.6 is 0 Å². The number of carbonyl (C=O) groups excluding carboxylic acids is 3. The summed E-state index contributed by atoms with van der Waals surface area (Å²) in [5.41, 5.74) is 1.83. The zero-order valence-electron chi connectivity index (χ0n) is 25.7. The molecule has 0 amide bonds. The van der Waals surface area contributed by atoms with Gasteiger partial charge >= 0.3 is 17.9 Å². The molecule has 0 aromatic heterocycles. The summed E-state index contributed by atoms with van der Waals surface area (Å²) >= 11 is 0. The lowest BCUT2D eigenvalue weighted by Gasteiger charge is -2.46. The number of esters is 3. The number of benzene rings is 2. The fourth-order valence-electron chi connectivity index (χ4n) is 5.35. The van der Waals surface area contributed by atoms with E-state index in [0.29, 0.717) is 16.7 Å². The Morgan fingerprint density at radius 1 is 0.833 bits per heavy atom. The van der Waals surface area contributed by atoms with Gasteiger partial charge in [-0.1, -0.05) is 24.3 Å². The van der Waals surface area contributed by atoms with Gasteiger partial charge in [-0.15, -0.1) is 0 Å². The lowest BCUT2D eigenvalue weighted by molar-refractivity contribution is -0.353. The lowest BCUT2D eigenvalue weighted by atomic mass is 9.92. The van der Waals surface area contributed by atoms with Crippen molar-refractivity contribution in [2.24, 2.45) is 5.92 Å². The second kappa shape index (κ2) is 15.6. The van der Waals surface area contributed by atoms with Gasteiger partial charge in [-0.25, -0.2) is 9.59 Å². The van der Waals surface area contributed by atoms with Crippen LogP contribution in [-0.4, -0.2) is 112 Å². The molecule has 5 rings (SSSR count). The van der Waals surface area contributed by atoms with Crippen molar-refractivity contribution in [3.8, 4) is 11.5 Å². The molecular weight excluding hydrogens is 632 g/mol. The maximum absolute atomic E-state index is 12.8. The third-order valence-corrected chi connectivity index (χ3v) is 7.92. The second-order valence-corrected chi connectivity index (χ2v) is 11.5. The minimum atomic E-state index is -1.55. The van der Waals surface area contributed by atoms with Crippen LogP contribution in [0.5, 0.6) is 11.5 Å². The predicted molar refractivity (Wildman–Crippen MR) is 165 cm³/mol. The Labute approximate surface area is 275 Å². The van der Waals surface area contributed by atoms with Gasteiger partial charge in [-0.2, -0.15) is 0 Å². The number of phenolic OH excluding ortho intramolecular Hbond substituents is 2. The summed E-state index contributed by atoms with van der Waals surface area (Å²) < 4.78 is 33.0. The third-order valence-electron chi connectivity index (χ3n) is 7.92. The number of fused-ring (bicyclic) bond motifs is 1. The Morgan fingerprint density at radius 2 is 1.42 bits per heavy atom. The van der Waals surface area contributed by atoms with Crippen molar-refractivity contribution < 1.29 is 68.3 Å². The smallest absolute Gasteiger partial charge is 0.331 e. The highest BCUT2D eigenvalue weighted by Crippen LogP contribution is 2.35. The van der Waals surface area contributed by atoms with Crippen molar-refractivity contribution in [1.82, 2.24) is 0 Å². The summed E-state index contributed by atoms with van der Waals surface area (Å²) in [5.74, 6) is -3.14. The molecule has 0 unspecified atom stereocenters. The fourth-order valence-corrected chi connectivity index (χ4v) is 5.35. The van der Waals surface area contributed by atoms with E-state index in [9.17, 15) is 39.9 Å². The number of aliphatic hydroxyl groups excluding tert-OH is 3.